The van der Waals surface area contributed by atoms with Gasteiger partial charge in [-0.15, -0.1) is 0 Å². The Morgan fingerprint density at radius 2 is 2.04 bits per heavy atom. The van der Waals surface area contributed by atoms with E-state index in [1.54, 1.807) is 6.07 Å². The number of rotatable bonds is 6. The highest BCUT2D eigenvalue weighted by molar-refractivity contribution is 6.11. The molecule has 7 heteroatoms. The maximum atomic E-state index is 11.6. The van der Waals surface area contributed by atoms with Gasteiger partial charge in [-0.3, -0.25) is 14.9 Å². The summed E-state index contributed by atoms with van der Waals surface area (Å²) in [6.07, 6.45) is 0.595. The van der Waals surface area contributed by atoms with Crippen LogP contribution < -0.4 is 5.32 Å². The highest BCUT2D eigenvalue weighted by Gasteiger charge is 2.20. The van der Waals surface area contributed by atoms with Crippen molar-refractivity contribution < 1.29 is 14.5 Å². The van der Waals surface area contributed by atoms with Gasteiger partial charge in [0.15, 0.2) is 0 Å². The normalized spacial score (nSPS) is 10.8. The lowest BCUT2D eigenvalue weighted by atomic mass is 10.0. The van der Waals surface area contributed by atoms with E-state index in [0.717, 1.165) is 16.5 Å². The van der Waals surface area contributed by atoms with Crippen molar-refractivity contribution in [3.05, 3.63) is 52.1 Å². The fraction of sp³-hybridized carbons (Fsp3) is 0.263. The number of anilines is 1. The first-order valence-electron chi connectivity index (χ1n) is 8.32. The third-order valence-corrected chi connectivity index (χ3v) is 4.14. The van der Waals surface area contributed by atoms with E-state index in [4.69, 9.17) is 4.74 Å². The number of fused-ring (bicyclic) bond motifs is 2. The molecule has 0 aliphatic heterocycles. The van der Waals surface area contributed by atoms with Crippen LogP contribution in [-0.4, -0.2) is 29.0 Å². The van der Waals surface area contributed by atoms with Gasteiger partial charge in [0.25, 0.3) is 5.69 Å². The maximum Gasteiger partial charge on any atom is 0.302 e. The van der Waals surface area contributed by atoms with Gasteiger partial charge in [0, 0.05) is 24.9 Å². The Bertz CT molecular complexity index is 1000. The van der Waals surface area contributed by atoms with Crippen molar-refractivity contribution in [3.8, 4) is 0 Å². The average molecular weight is 353 g/mol. The van der Waals surface area contributed by atoms with E-state index in [9.17, 15) is 14.9 Å². The number of hydrogen-bond donors (Lipinski definition) is 1. The number of benzene rings is 2. The summed E-state index contributed by atoms with van der Waals surface area (Å²) in [5, 5.41) is 16.2. The fourth-order valence-electron chi connectivity index (χ4n) is 2.95. The molecule has 1 aromatic heterocycles. The van der Waals surface area contributed by atoms with Crippen LogP contribution in [0.15, 0.2) is 36.4 Å². The minimum absolute atomic E-state index is 0.0198. The van der Waals surface area contributed by atoms with Crippen LogP contribution in [0.4, 0.5) is 11.4 Å². The molecule has 1 heterocycles. The Kier molecular flexibility index (Phi) is 4.97. The predicted molar refractivity (Wildman–Crippen MR) is 100 cm³/mol. The van der Waals surface area contributed by atoms with Crippen LogP contribution >= 0.6 is 0 Å². The zero-order valence-corrected chi connectivity index (χ0v) is 14.6. The number of carbonyl (C=O) groups excluding carboxylic acids is 1. The molecule has 3 rings (SSSR count). The van der Waals surface area contributed by atoms with Gasteiger partial charge in [-0.25, -0.2) is 4.98 Å². The van der Waals surface area contributed by atoms with Crippen LogP contribution in [0.25, 0.3) is 21.8 Å². The monoisotopic (exact) mass is 353 g/mol. The molecule has 0 aliphatic rings. The summed E-state index contributed by atoms with van der Waals surface area (Å²) in [5.41, 5.74) is 2.96. The maximum absolute atomic E-state index is 11.6. The fourth-order valence-corrected chi connectivity index (χ4v) is 2.95. The summed E-state index contributed by atoms with van der Waals surface area (Å²) in [6.45, 7) is 4.06. The molecule has 0 aliphatic carbocycles. The number of carbonyl (C=O) groups is 1. The molecule has 0 spiro atoms. The predicted octanol–water partition coefficient (Wildman–Crippen LogP) is 3.97. The van der Waals surface area contributed by atoms with Gasteiger partial charge in [-0.05, 0) is 25.0 Å². The molecule has 0 saturated heterocycles. The van der Waals surface area contributed by atoms with Crippen LogP contribution in [0.3, 0.4) is 0 Å². The number of nitrogens with zero attached hydrogens (tertiary/aromatic N) is 2. The highest BCUT2D eigenvalue weighted by atomic mass is 16.6. The van der Waals surface area contributed by atoms with E-state index in [1.165, 1.54) is 13.0 Å². The number of hydrogen-bond acceptors (Lipinski definition) is 6. The molecular formula is C19H19N3O4. The topological polar surface area (TPSA) is 94.4 Å². The Labute approximate surface area is 150 Å². The van der Waals surface area contributed by atoms with Crippen molar-refractivity contribution in [2.24, 2.45) is 0 Å². The van der Waals surface area contributed by atoms with Crippen LogP contribution in [0.5, 0.6) is 0 Å². The molecule has 0 fully saturated rings. The van der Waals surface area contributed by atoms with E-state index < -0.39 is 0 Å². The Morgan fingerprint density at radius 1 is 1.27 bits per heavy atom. The number of para-hydroxylation sites is 1. The molecule has 0 radical (unpaired) electrons. The highest BCUT2D eigenvalue weighted by Crippen LogP contribution is 2.37. The summed E-state index contributed by atoms with van der Waals surface area (Å²) in [5.74, 6) is -0.323. The van der Waals surface area contributed by atoms with E-state index in [0.29, 0.717) is 36.2 Å². The quantitative estimate of drug-likeness (QED) is 0.237. The van der Waals surface area contributed by atoms with Crippen molar-refractivity contribution >= 4 is 39.1 Å². The van der Waals surface area contributed by atoms with Crippen molar-refractivity contribution in [1.29, 1.82) is 0 Å². The number of esters is 1. The average Bonchev–Trinajstić information content (AvgIpc) is 2.61. The summed E-state index contributed by atoms with van der Waals surface area (Å²) < 4.78 is 4.94. The first kappa shape index (κ1) is 17.6. The van der Waals surface area contributed by atoms with Crippen molar-refractivity contribution in [3.63, 3.8) is 0 Å². The zero-order chi connectivity index (χ0) is 18.7. The molecule has 26 heavy (non-hydrogen) atoms. The molecule has 0 amide bonds. The standard InChI is InChI=1S/C19H19N3O4/c1-12-8-9-16(22(24)25)17-18(12)21-15-7-4-3-6-14(15)19(17)20-10-5-11-26-13(2)23/h3-4,6-9H,5,10-11H2,1-2H3,(H,20,21). The van der Waals surface area contributed by atoms with Crippen LogP contribution in [-0.2, 0) is 9.53 Å². The zero-order valence-electron chi connectivity index (χ0n) is 14.6. The van der Waals surface area contributed by atoms with Crippen molar-refractivity contribution in [2.45, 2.75) is 20.3 Å². The molecule has 1 N–H and O–H groups in total. The summed E-state index contributed by atoms with van der Waals surface area (Å²) in [4.78, 5) is 26.7. The van der Waals surface area contributed by atoms with E-state index >= 15 is 0 Å². The first-order valence-corrected chi connectivity index (χ1v) is 8.32. The Balaban J connectivity index is 2.11. The summed E-state index contributed by atoms with van der Waals surface area (Å²) in [6, 6.07) is 10.8. The second-order valence-corrected chi connectivity index (χ2v) is 6.01. The van der Waals surface area contributed by atoms with Crippen LogP contribution in [0.1, 0.15) is 18.9 Å². The minimum Gasteiger partial charge on any atom is -0.466 e. The van der Waals surface area contributed by atoms with Gasteiger partial charge in [-0.1, -0.05) is 24.3 Å². The Hall–Kier alpha value is -3.22. The molecule has 134 valence electrons. The SMILES string of the molecule is CC(=O)OCCCNc1c2ccccc2nc2c(C)ccc([N+](=O)[O-])c12. The molecule has 0 saturated carbocycles. The van der Waals surface area contributed by atoms with Gasteiger partial charge >= 0.3 is 5.97 Å². The minimum atomic E-state index is -0.387. The number of ether oxygens (including phenoxy) is 1. The lowest BCUT2D eigenvalue weighted by molar-refractivity contribution is -0.383. The van der Waals surface area contributed by atoms with Gasteiger partial charge in [0.2, 0.25) is 0 Å². The molecule has 3 aromatic rings. The number of aromatic nitrogens is 1. The first-order chi connectivity index (χ1) is 12.5. The van der Waals surface area contributed by atoms with E-state index in [1.807, 2.05) is 31.2 Å². The van der Waals surface area contributed by atoms with E-state index in [2.05, 4.69) is 10.3 Å². The number of nitro benzene ring substituents is 1. The summed E-state index contributed by atoms with van der Waals surface area (Å²) in [7, 11) is 0. The molecule has 7 nitrogen and oxygen atoms in total. The van der Waals surface area contributed by atoms with Crippen molar-refractivity contribution in [1.82, 2.24) is 4.98 Å². The smallest absolute Gasteiger partial charge is 0.302 e. The van der Waals surface area contributed by atoms with Crippen molar-refractivity contribution in [2.75, 3.05) is 18.5 Å². The van der Waals surface area contributed by atoms with Gasteiger partial charge in [0.05, 0.1) is 28.3 Å². The molecule has 0 bridgehead atoms. The molecule has 2 aromatic carbocycles. The lowest BCUT2D eigenvalue weighted by Crippen LogP contribution is -2.09. The Morgan fingerprint density at radius 3 is 2.77 bits per heavy atom. The molecule has 0 atom stereocenters. The van der Waals surface area contributed by atoms with Gasteiger partial charge < -0.3 is 10.1 Å². The third-order valence-electron chi connectivity index (χ3n) is 4.14. The third kappa shape index (κ3) is 3.42. The summed E-state index contributed by atoms with van der Waals surface area (Å²) >= 11 is 0. The number of aryl methyl sites for hydroxylation is 1. The number of non-ortho nitro benzene ring substituents is 1. The second kappa shape index (κ2) is 7.35. The number of pyridine rings is 1. The largest absolute Gasteiger partial charge is 0.466 e. The molecular weight excluding hydrogens is 334 g/mol. The van der Waals surface area contributed by atoms with Gasteiger partial charge in [0.1, 0.15) is 5.39 Å². The number of nitro groups is 1. The van der Waals surface area contributed by atoms with Crippen LogP contribution in [0.2, 0.25) is 0 Å². The second-order valence-electron chi connectivity index (χ2n) is 6.01. The van der Waals surface area contributed by atoms with Crippen LogP contribution in [0, 0.1) is 17.0 Å². The van der Waals surface area contributed by atoms with E-state index in [-0.39, 0.29) is 16.6 Å². The lowest BCUT2D eigenvalue weighted by Gasteiger charge is -2.14. The number of nitrogens with one attached hydrogen (secondary N) is 1. The molecule has 0 unspecified atom stereocenters. The van der Waals surface area contributed by atoms with Gasteiger partial charge in [-0.2, -0.15) is 0 Å².